The number of carbonyl (C=O) groups excluding carboxylic acids is 2. The van der Waals surface area contributed by atoms with Crippen LogP contribution in [0.3, 0.4) is 0 Å². The third-order valence-corrected chi connectivity index (χ3v) is 4.29. The summed E-state index contributed by atoms with van der Waals surface area (Å²) in [6, 6.07) is 10.6. The van der Waals surface area contributed by atoms with Crippen LogP contribution in [-0.4, -0.2) is 34.4 Å². The SMILES string of the molecule is Cc1ccc(CN2CC[C@@H](NC(=O)c3ccc(O)cc3F)C2=O)cc1. The van der Waals surface area contributed by atoms with Gasteiger partial charge in [-0.2, -0.15) is 0 Å². The highest BCUT2D eigenvalue weighted by molar-refractivity contribution is 5.98. The molecule has 2 aromatic rings. The summed E-state index contributed by atoms with van der Waals surface area (Å²) in [6.45, 7) is 3.02. The fourth-order valence-electron chi connectivity index (χ4n) is 2.87. The number of rotatable bonds is 4. The van der Waals surface area contributed by atoms with Gasteiger partial charge in [-0.1, -0.05) is 29.8 Å². The Hall–Kier alpha value is -2.89. The van der Waals surface area contributed by atoms with Gasteiger partial charge in [-0.3, -0.25) is 9.59 Å². The van der Waals surface area contributed by atoms with Crippen molar-refractivity contribution in [3.05, 3.63) is 65.0 Å². The molecule has 1 fully saturated rings. The number of amides is 2. The molecule has 0 unspecified atom stereocenters. The number of hydrogen-bond acceptors (Lipinski definition) is 3. The molecule has 1 aliphatic rings. The van der Waals surface area contributed by atoms with Crippen LogP contribution in [-0.2, 0) is 11.3 Å². The average Bonchev–Trinajstić information content (AvgIpc) is 2.90. The lowest BCUT2D eigenvalue weighted by Gasteiger charge is -2.17. The van der Waals surface area contributed by atoms with Gasteiger partial charge in [0.2, 0.25) is 5.91 Å². The first-order chi connectivity index (χ1) is 11.9. The number of aryl methyl sites for hydroxylation is 1. The zero-order valence-electron chi connectivity index (χ0n) is 13.8. The molecule has 3 rings (SSSR count). The first-order valence-corrected chi connectivity index (χ1v) is 8.08. The standard InChI is InChI=1S/C19H19FN2O3/c1-12-2-4-13(5-3-12)11-22-9-8-17(19(22)25)21-18(24)15-7-6-14(23)10-16(15)20/h2-7,10,17,23H,8-9,11H2,1H3,(H,21,24)/t17-/m1/s1. The van der Waals surface area contributed by atoms with Crippen molar-refractivity contribution in [3.8, 4) is 5.75 Å². The number of halogens is 1. The third-order valence-electron chi connectivity index (χ3n) is 4.29. The van der Waals surface area contributed by atoms with E-state index in [9.17, 15) is 19.1 Å². The van der Waals surface area contributed by atoms with Crippen molar-refractivity contribution in [1.82, 2.24) is 10.2 Å². The van der Waals surface area contributed by atoms with E-state index in [2.05, 4.69) is 5.32 Å². The molecule has 0 saturated carbocycles. The monoisotopic (exact) mass is 342 g/mol. The Morgan fingerprint density at radius 3 is 2.68 bits per heavy atom. The summed E-state index contributed by atoms with van der Waals surface area (Å²) in [5, 5.41) is 11.8. The number of nitrogens with one attached hydrogen (secondary N) is 1. The van der Waals surface area contributed by atoms with E-state index in [0.29, 0.717) is 19.5 Å². The van der Waals surface area contributed by atoms with Crippen LogP contribution in [0.15, 0.2) is 42.5 Å². The maximum atomic E-state index is 13.8. The lowest BCUT2D eigenvalue weighted by Crippen LogP contribution is -2.41. The van der Waals surface area contributed by atoms with Crippen molar-refractivity contribution >= 4 is 11.8 Å². The quantitative estimate of drug-likeness (QED) is 0.896. The van der Waals surface area contributed by atoms with E-state index in [1.807, 2.05) is 31.2 Å². The molecule has 2 amide bonds. The minimum absolute atomic E-state index is 0.173. The van der Waals surface area contributed by atoms with Crippen LogP contribution in [0.5, 0.6) is 5.75 Å². The summed E-state index contributed by atoms with van der Waals surface area (Å²) < 4.78 is 13.8. The van der Waals surface area contributed by atoms with Crippen LogP contribution >= 0.6 is 0 Å². The fraction of sp³-hybridized carbons (Fsp3) is 0.263. The molecule has 1 atom stereocenters. The zero-order valence-corrected chi connectivity index (χ0v) is 13.8. The third kappa shape index (κ3) is 3.79. The highest BCUT2D eigenvalue weighted by Gasteiger charge is 2.33. The molecule has 0 aliphatic carbocycles. The van der Waals surface area contributed by atoms with E-state index in [0.717, 1.165) is 17.2 Å². The van der Waals surface area contributed by atoms with Crippen molar-refractivity contribution in [1.29, 1.82) is 0 Å². The second-order valence-corrected chi connectivity index (χ2v) is 6.22. The number of benzene rings is 2. The first kappa shape index (κ1) is 17.0. The second-order valence-electron chi connectivity index (χ2n) is 6.22. The molecule has 0 bridgehead atoms. The first-order valence-electron chi connectivity index (χ1n) is 8.08. The summed E-state index contributed by atoms with van der Waals surface area (Å²) in [6.07, 6.45) is 0.482. The number of carbonyl (C=O) groups is 2. The van der Waals surface area contributed by atoms with Crippen molar-refractivity contribution in [2.45, 2.75) is 25.9 Å². The van der Waals surface area contributed by atoms with Crippen LogP contribution in [0.25, 0.3) is 0 Å². The summed E-state index contributed by atoms with van der Waals surface area (Å²) in [7, 11) is 0. The summed E-state index contributed by atoms with van der Waals surface area (Å²) >= 11 is 0. The predicted molar refractivity (Wildman–Crippen MR) is 90.5 cm³/mol. The predicted octanol–water partition coefficient (Wildman–Crippen LogP) is 2.37. The fourth-order valence-corrected chi connectivity index (χ4v) is 2.87. The molecule has 0 spiro atoms. The highest BCUT2D eigenvalue weighted by Crippen LogP contribution is 2.18. The van der Waals surface area contributed by atoms with Crippen LogP contribution in [0.1, 0.15) is 27.9 Å². The molecule has 2 aromatic carbocycles. The largest absolute Gasteiger partial charge is 0.508 e. The molecule has 6 heteroatoms. The van der Waals surface area contributed by atoms with Crippen LogP contribution < -0.4 is 5.32 Å². The Morgan fingerprint density at radius 2 is 2.00 bits per heavy atom. The molecule has 1 heterocycles. The van der Waals surface area contributed by atoms with Crippen LogP contribution in [0.2, 0.25) is 0 Å². The van der Waals surface area contributed by atoms with E-state index >= 15 is 0 Å². The molecule has 130 valence electrons. The smallest absolute Gasteiger partial charge is 0.254 e. The lowest BCUT2D eigenvalue weighted by atomic mass is 10.1. The van der Waals surface area contributed by atoms with Gasteiger partial charge in [-0.15, -0.1) is 0 Å². The molecule has 25 heavy (non-hydrogen) atoms. The molecule has 1 saturated heterocycles. The van der Waals surface area contributed by atoms with Crippen molar-refractivity contribution in [2.24, 2.45) is 0 Å². The molecule has 5 nitrogen and oxygen atoms in total. The van der Waals surface area contributed by atoms with E-state index in [4.69, 9.17) is 0 Å². The average molecular weight is 342 g/mol. The summed E-state index contributed by atoms with van der Waals surface area (Å²) in [5.41, 5.74) is 1.98. The summed E-state index contributed by atoms with van der Waals surface area (Å²) in [4.78, 5) is 26.3. The Balaban J connectivity index is 1.63. The Morgan fingerprint density at radius 1 is 1.28 bits per heavy atom. The van der Waals surface area contributed by atoms with Gasteiger partial charge in [0.05, 0.1) is 5.56 Å². The van der Waals surface area contributed by atoms with Gasteiger partial charge in [-0.25, -0.2) is 4.39 Å². The number of likely N-dealkylation sites (tertiary alicyclic amines) is 1. The molecule has 1 aliphatic heterocycles. The number of nitrogens with zero attached hydrogens (tertiary/aromatic N) is 1. The van der Waals surface area contributed by atoms with Gasteiger partial charge in [-0.05, 0) is 31.0 Å². The van der Waals surface area contributed by atoms with Gasteiger partial charge in [0.1, 0.15) is 17.6 Å². The van der Waals surface area contributed by atoms with Gasteiger partial charge in [0.15, 0.2) is 0 Å². The van der Waals surface area contributed by atoms with E-state index < -0.39 is 17.8 Å². The Labute approximate surface area is 145 Å². The molecule has 0 aromatic heterocycles. The van der Waals surface area contributed by atoms with Crippen LogP contribution in [0, 0.1) is 12.7 Å². The van der Waals surface area contributed by atoms with Gasteiger partial charge >= 0.3 is 0 Å². The zero-order chi connectivity index (χ0) is 18.0. The Kier molecular flexibility index (Phi) is 4.70. The van der Waals surface area contributed by atoms with Crippen molar-refractivity contribution in [3.63, 3.8) is 0 Å². The second kappa shape index (κ2) is 6.93. The van der Waals surface area contributed by atoms with Gasteiger partial charge in [0.25, 0.3) is 5.91 Å². The minimum atomic E-state index is -0.820. The van der Waals surface area contributed by atoms with Crippen molar-refractivity contribution in [2.75, 3.05) is 6.54 Å². The maximum Gasteiger partial charge on any atom is 0.254 e. The molecular weight excluding hydrogens is 323 g/mol. The maximum absolute atomic E-state index is 13.8. The Bertz CT molecular complexity index is 805. The lowest BCUT2D eigenvalue weighted by molar-refractivity contribution is -0.129. The number of phenols is 1. The molecule has 2 N–H and O–H groups in total. The molecule has 0 radical (unpaired) electrons. The summed E-state index contributed by atoms with van der Waals surface area (Å²) in [5.74, 6) is -1.91. The van der Waals surface area contributed by atoms with E-state index in [1.54, 1.807) is 4.90 Å². The molecular formula is C19H19FN2O3. The highest BCUT2D eigenvalue weighted by atomic mass is 19.1. The minimum Gasteiger partial charge on any atom is -0.508 e. The van der Waals surface area contributed by atoms with E-state index in [1.165, 1.54) is 12.1 Å². The number of hydrogen-bond donors (Lipinski definition) is 2. The number of phenolic OH excluding ortho intramolecular Hbond substituents is 1. The number of aromatic hydroxyl groups is 1. The normalized spacial score (nSPS) is 17.0. The van der Waals surface area contributed by atoms with Crippen LogP contribution in [0.4, 0.5) is 4.39 Å². The van der Waals surface area contributed by atoms with Gasteiger partial charge in [0, 0.05) is 19.2 Å². The van der Waals surface area contributed by atoms with Crippen molar-refractivity contribution < 1.29 is 19.1 Å². The van der Waals surface area contributed by atoms with E-state index in [-0.39, 0.29) is 17.2 Å². The topological polar surface area (TPSA) is 69.6 Å². The van der Waals surface area contributed by atoms with Gasteiger partial charge < -0.3 is 15.3 Å².